The highest BCUT2D eigenvalue weighted by Gasteiger charge is 2.17. The molecule has 0 amide bonds. The Balaban J connectivity index is 2.20. The molecule has 2 aromatic heterocycles. The zero-order valence-corrected chi connectivity index (χ0v) is 11.2. The van der Waals surface area contributed by atoms with Gasteiger partial charge in [0.05, 0.1) is 6.20 Å². The predicted molar refractivity (Wildman–Crippen MR) is 70.9 cm³/mol. The lowest BCUT2D eigenvalue weighted by atomic mass is 10.3. The van der Waals surface area contributed by atoms with Gasteiger partial charge in [-0.15, -0.1) is 0 Å². The van der Waals surface area contributed by atoms with Crippen LogP contribution in [-0.4, -0.2) is 23.4 Å². The Kier molecular flexibility index (Phi) is 3.82. The number of nitrogens with zero attached hydrogens (tertiary/aromatic N) is 2. The molecule has 0 atom stereocenters. The number of nitrogens with one attached hydrogen (secondary N) is 2. The maximum atomic E-state index is 12.0. The number of nitrogens with two attached hydrogens (primary N) is 1. The molecular formula is C11H15N5O2S. The molecule has 7 nitrogen and oxygen atoms in total. The number of hydrogen-bond acceptors (Lipinski definition) is 5. The van der Waals surface area contributed by atoms with Crippen molar-refractivity contribution < 1.29 is 8.42 Å². The Labute approximate surface area is 111 Å². The average Bonchev–Trinajstić information content (AvgIpc) is 2.89. The van der Waals surface area contributed by atoms with E-state index in [1.54, 1.807) is 12.1 Å². The SMILES string of the molecule is CCc1ncc(S(=O)(=O)Nc2ccc(CN)cn2)[nH]1. The maximum Gasteiger partial charge on any atom is 0.280 e. The van der Waals surface area contributed by atoms with Gasteiger partial charge in [0.25, 0.3) is 10.0 Å². The molecular weight excluding hydrogens is 266 g/mol. The van der Waals surface area contributed by atoms with Crippen LogP contribution in [0.25, 0.3) is 0 Å². The lowest BCUT2D eigenvalue weighted by Crippen LogP contribution is -2.14. The summed E-state index contributed by atoms with van der Waals surface area (Å²) in [6.45, 7) is 2.25. The molecule has 2 rings (SSSR count). The number of sulfonamides is 1. The monoisotopic (exact) mass is 281 g/mol. The topological polar surface area (TPSA) is 114 Å². The van der Waals surface area contributed by atoms with Crippen molar-refractivity contribution in [3.05, 3.63) is 35.9 Å². The first-order valence-corrected chi connectivity index (χ1v) is 7.25. The van der Waals surface area contributed by atoms with Gasteiger partial charge < -0.3 is 10.7 Å². The van der Waals surface area contributed by atoms with Crippen LogP contribution in [0.3, 0.4) is 0 Å². The first kappa shape index (κ1) is 13.5. The normalized spacial score (nSPS) is 11.5. The minimum absolute atomic E-state index is 0.0223. The van der Waals surface area contributed by atoms with Crippen molar-refractivity contribution in [3.63, 3.8) is 0 Å². The minimum Gasteiger partial charge on any atom is -0.332 e. The molecule has 0 aliphatic carbocycles. The van der Waals surface area contributed by atoms with Crippen LogP contribution >= 0.6 is 0 Å². The quantitative estimate of drug-likeness (QED) is 0.743. The third-order valence-electron chi connectivity index (χ3n) is 2.53. The lowest BCUT2D eigenvalue weighted by molar-refractivity contribution is 0.597. The second-order valence-electron chi connectivity index (χ2n) is 3.91. The highest BCUT2D eigenvalue weighted by atomic mass is 32.2. The van der Waals surface area contributed by atoms with Gasteiger partial charge in [0.1, 0.15) is 11.6 Å². The zero-order chi connectivity index (χ0) is 13.9. The summed E-state index contributed by atoms with van der Waals surface area (Å²) < 4.78 is 26.4. The van der Waals surface area contributed by atoms with Crippen molar-refractivity contribution in [1.82, 2.24) is 15.0 Å². The second-order valence-corrected chi connectivity index (χ2v) is 5.56. The van der Waals surface area contributed by atoms with E-state index in [-0.39, 0.29) is 10.8 Å². The fourth-order valence-corrected chi connectivity index (χ4v) is 2.41. The fourth-order valence-electron chi connectivity index (χ4n) is 1.46. The molecule has 0 aliphatic rings. The van der Waals surface area contributed by atoms with Gasteiger partial charge in [-0.3, -0.25) is 4.72 Å². The van der Waals surface area contributed by atoms with Crippen LogP contribution in [0.1, 0.15) is 18.3 Å². The number of anilines is 1. The largest absolute Gasteiger partial charge is 0.332 e. The van der Waals surface area contributed by atoms with Crippen molar-refractivity contribution in [2.45, 2.75) is 24.9 Å². The second kappa shape index (κ2) is 5.37. The molecule has 4 N–H and O–H groups in total. The summed E-state index contributed by atoms with van der Waals surface area (Å²) in [6.07, 6.45) is 3.46. The lowest BCUT2D eigenvalue weighted by Gasteiger charge is -2.05. The van der Waals surface area contributed by atoms with Crippen LogP contribution in [0.2, 0.25) is 0 Å². The molecule has 0 radical (unpaired) electrons. The summed E-state index contributed by atoms with van der Waals surface area (Å²) in [6, 6.07) is 3.28. The van der Waals surface area contributed by atoms with Crippen molar-refractivity contribution in [1.29, 1.82) is 0 Å². The van der Waals surface area contributed by atoms with E-state index in [1.807, 2.05) is 6.92 Å². The summed E-state index contributed by atoms with van der Waals surface area (Å²) in [4.78, 5) is 10.7. The Morgan fingerprint density at radius 3 is 2.63 bits per heavy atom. The van der Waals surface area contributed by atoms with E-state index in [4.69, 9.17) is 5.73 Å². The Morgan fingerprint density at radius 2 is 2.11 bits per heavy atom. The third kappa shape index (κ3) is 3.09. The van der Waals surface area contributed by atoms with Crippen LogP contribution < -0.4 is 10.5 Å². The molecule has 2 aromatic rings. The number of H-pyrrole nitrogens is 1. The molecule has 0 bridgehead atoms. The number of imidazole rings is 1. The van der Waals surface area contributed by atoms with E-state index >= 15 is 0 Å². The van der Waals surface area contributed by atoms with E-state index < -0.39 is 10.0 Å². The Hall–Kier alpha value is -1.93. The van der Waals surface area contributed by atoms with Gasteiger partial charge in [0.15, 0.2) is 5.03 Å². The minimum atomic E-state index is -3.68. The smallest absolute Gasteiger partial charge is 0.280 e. The number of rotatable bonds is 5. The standard InChI is InChI=1S/C11H15N5O2S/c1-2-9-14-7-11(15-9)19(17,18)16-10-4-3-8(5-12)6-13-10/h3-4,6-7H,2,5,12H2,1H3,(H,13,16)(H,14,15). The van der Waals surface area contributed by atoms with Gasteiger partial charge >= 0.3 is 0 Å². The van der Waals surface area contributed by atoms with Crippen LogP contribution in [0.15, 0.2) is 29.6 Å². The number of aromatic amines is 1. The summed E-state index contributed by atoms with van der Waals surface area (Å²) >= 11 is 0. The molecule has 0 unspecified atom stereocenters. The summed E-state index contributed by atoms with van der Waals surface area (Å²) in [5.74, 6) is 0.858. The van der Waals surface area contributed by atoms with Gasteiger partial charge in [0.2, 0.25) is 0 Å². The molecule has 0 spiro atoms. The summed E-state index contributed by atoms with van der Waals surface area (Å²) in [7, 11) is -3.68. The van der Waals surface area contributed by atoms with E-state index in [0.717, 1.165) is 5.56 Å². The van der Waals surface area contributed by atoms with E-state index in [2.05, 4.69) is 19.7 Å². The molecule has 102 valence electrons. The fraction of sp³-hybridized carbons (Fsp3) is 0.273. The molecule has 0 saturated carbocycles. The number of pyridine rings is 1. The van der Waals surface area contributed by atoms with Gasteiger partial charge in [-0.1, -0.05) is 13.0 Å². The third-order valence-corrected chi connectivity index (χ3v) is 3.79. The summed E-state index contributed by atoms with van der Waals surface area (Å²) in [5, 5.41) is 0.0223. The van der Waals surface area contributed by atoms with Gasteiger partial charge in [-0.2, -0.15) is 8.42 Å². The van der Waals surface area contributed by atoms with E-state index in [0.29, 0.717) is 18.8 Å². The van der Waals surface area contributed by atoms with E-state index in [9.17, 15) is 8.42 Å². The Bertz CT molecular complexity index is 648. The van der Waals surface area contributed by atoms with E-state index in [1.165, 1.54) is 12.4 Å². The van der Waals surface area contributed by atoms with Gasteiger partial charge in [0, 0.05) is 19.2 Å². The predicted octanol–water partition coefficient (Wildman–Crippen LogP) is 0.627. The van der Waals surface area contributed by atoms with Gasteiger partial charge in [-0.25, -0.2) is 9.97 Å². The van der Waals surface area contributed by atoms with Gasteiger partial charge in [-0.05, 0) is 11.6 Å². The van der Waals surface area contributed by atoms with Crippen molar-refractivity contribution in [2.75, 3.05) is 4.72 Å². The molecule has 2 heterocycles. The van der Waals surface area contributed by atoms with Crippen LogP contribution in [-0.2, 0) is 23.0 Å². The highest BCUT2D eigenvalue weighted by molar-refractivity contribution is 7.92. The van der Waals surface area contributed by atoms with Crippen molar-refractivity contribution in [2.24, 2.45) is 5.73 Å². The average molecular weight is 281 g/mol. The van der Waals surface area contributed by atoms with Crippen molar-refractivity contribution >= 4 is 15.8 Å². The number of hydrogen-bond donors (Lipinski definition) is 3. The van der Waals surface area contributed by atoms with Crippen LogP contribution in [0, 0.1) is 0 Å². The molecule has 8 heteroatoms. The summed E-state index contributed by atoms with van der Waals surface area (Å²) in [5.41, 5.74) is 6.28. The van der Waals surface area contributed by atoms with Crippen molar-refractivity contribution in [3.8, 4) is 0 Å². The Morgan fingerprint density at radius 1 is 1.32 bits per heavy atom. The first-order valence-electron chi connectivity index (χ1n) is 5.77. The molecule has 19 heavy (non-hydrogen) atoms. The molecule has 0 saturated heterocycles. The number of aromatic nitrogens is 3. The zero-order valence-electron chi connectivity index (χ0n) is 10.4. The number of aryl methyl sites for hydroxylation is 1. The first-order chi connectivity index (χ1) is 9.05. The van der Waals surface area contributed by atoms with Crippen LogP contribution in [0.4, 0.5) is 5.82 Å². The highest BCUT2D eigenvalue weighted by Crippen LogP contribution is 2.12. The maximum absolute atomic E-state index is 12.0. The molecule has 0 aliphatic heterocycles. The molecule has 0 aromatic carbocycles. The van der Waals surface area contributed by atoms with Crippen LogP contribution in [0.5, 0.6) is 0 Å². The molecule has 0 fully saturated rings.